The summed E-state index contributed by atoms with van der Waals surface area (Å²) in [5.74, 6) is -4.77. The van der Waals surface area contributed by atoms with Crippen LogP contribution in [0.4, 0.5) is 8.78 Å². The molecule has 0 bridgehead atoms. The smallest absolute Gasteiger partial charge is 0.303 e. The van der Waals surface area contributed by atoms with Crippen LogP contribution in [0, 0.1) is 28.6 Å². The van der Waals surface area contributed by atoms with Gasteiger partial charge in [-0.1, -0.05) is 19.9 Å². The van der Waals surface area contributed by atoms with Crippen LogP contribution in [-0.2, 0) is 28.7 Å². The molecular weight excluding hydrogens is 462 g/mol. The average molecular weight is 495 g/mol. The molecule has 0 radical (unpaired) electrons. The van der Waals surface area contributed by atoms with Gasteiger partial charge < -0.3 is 14.6 Å². The molecule has 1 N–H and O–H groups in total. The SMILES string of the molecule is CC(=O)OCC(=O)[C@@]1(OC(C)=O)[C@@H](C)CC2C3C[C@H](F)C4=CC(=O)C=CC4(C)[C@@]3(F)[C@@H](O)CC21C. The van der Waals surface area contributed by atoms with E-state index in [0.717, 1.165) is 19.9 Å². The fraction of sp³-hybridized carbons (Fsp3) is 0.692. The van der Waals surface area contributed by atoms with Crippen LogP contribution in [-0.4, -0.2) is 58.8 Å². The van der Waals surface area contributed by atoms with E-state index in [0.29, 0.717) is 0 Å². The highest BCUT2D eigenvalue weighted by Gasteiger charge is 2.78. The summed E-state index contributed by atoms with van der Waals surface area (Å²) in [7, 11) is 0. The maximum atomic E-state index is 17.3. The molecule has 3 fully saturated rings. The zero-order valence-electron chi connectivity index (χ0n) is 20.6. The first-order valence-electron chi connectivity index (χ1n) is 12.0. The number of carbonyl (C=O) groups is 4. The van der Waals surface area contributed by atoms with Crippen molar-refractivity contribution in [2.24, 2.45) is 28.6 Å². The van der Waals surface area contributed by atoms with Gasteiger partial charge in [0, 0.05) is 36.5 Å². The third-order valence-electron chi connectivity index (χ3n) is 9.29. The molecule has 9 atom stereocenters. The van der Waals surface area contributed by atoms with Gasteiger partial charge >= 0.3 is 11.9 Å². The minimum Gasteiger partial charge on any atom is -0.458 e. The Labute approximate surface area is 202 Å². The lowest BCUT2D eigenvalue weighted by Gasteiger charge is -2.63. The topological polar surface area (TPSA) is 107 Å². The number of aliphatic hydroxyl groups excluding tert-OH is 1. The van der Waals surface area contributed by atoms with Crippen LogP contribution in [0.1, 0.15) is 53.9 Å². The standard InChI is InChI=1S/C26H32F2O7/c1-13-8-17-18-10-20(27)19-9-16(31)6-7-23(19,4)25(18,28)21(32)11-24(17,5)26(13,35-15(3)30)22(33)12-34-14(2)29/h6-7,9,13,17-18,20-21,32H,8,10-12H2,1-5H3/t13-,17?,18?,20-,21-,23?,24?,25-,26-/m0/s1. The number of halogens is 2. The third kappa shape index (κ3) is 3.22. The zero-order valence-corrected chi connectivity index (χ0v) is 20.6. The first kappa shape index (κ1) is 25.7. The van der Waals surface area contributed by atoms with Gasteiger partial charge in [-0.05, 0) is 49.8 Å². The summed E-state index contributed by atoms with van der Waals surface area (Å²) in [5, 5.41) is 11.4. The Kier molecular flexibility index (Phi) is 5.90. The number of allylic oxidation sites excluding steroid dienone is 4. The molecule has 9 heteroatoms. The molecule has 0 spiro atoms. The van der Waals surface area contributed by atoms with Crippen molar-refractivity contribution in [1.82, 2.24) is 0 Å². The fourth-order valence-corrected chi connectivity index (χ4v) is 7.89. The number of rotatable bonds is 4. The largest absolute Gasteiger partial charge is 0.458 e. The van der Waals surface area contributed by atoms with E-state index in [1.807, 2.05) is 0 Å². The number of carbonyl (C=O) groups excluding carboxylic acids is 4. The average Bonchev–Trinajstić information content (AvgIpc) is 2.97. The van der Waals surface area contributed by atoms with Crippen molar-refractivity contribution in [2.45, 2.75) is 77.4 Å². The van der Waals surface area contributed by atoms with E-state index < -0.39 is 82.2 Å². The zero-order chi connectivity index (χ0) is 26.1. The molecule has 4 aliphatic carbocycles. The number of esters is 2. The Morgan fingerprint density at radius 2 is 1.80 bits per heavy atom. The molecule has 0 aromatic carbocycles. The lowest BCUT2D eigenvalue weighted by molar-refractivity contribution is -0.231. The Bertz CT molecular complexity index is 1050. The summed E-state index contributed by atoms with van der Waals surface area (Å²) in [6, 6.07) is 0. The van der Waals surface area contributed by atoms with Crippen LogP contribution in [0.2, 0.25) is 0 Å². The van der Waals surface area contributed by atoms with Gasteiger partial charge in [0.05, 0.1) is 6.10 Å². The molecule has 0 aromatic rings. The summed E-state index contributed by atoms with van der Waals surface area (Å²) < 4.78 is 43.5. The van der Waals surface area contributed by atoms with Crippen molar-refractivity contribution in [3.63, 3.8) is 0 Å². The van der Waals surface area contributed by atoms with Crippen molar-refractivity contribution in [1.29, 1.82) is 0 Å². The number of ketones is 2. The quantitative estimate of drug-likeness (QED) is 0.599. The maximum Gasteiger partial charge on any atom is 0.303 e. The summed E-state index contributed by atoms with van der Waals surface area (Å²) >= 11 is 0. The Morgan fingerprint density at radius 3 is 2.40 bits per heavy atom. The molecular formula is C26H32F2O7. The molecule has 4 unspecified atom stereocenters. The van der Waals surface area contributed by atoms with Gasteiger partial charge in [0.15, 0.2) is 23.7 Å². The van der Waals surface area contributed by atoms with Crippen LogP contribution in [0.3, 0.4) is 0 Å². The van der Waals surface area contributed by atoms with E-state index in [2.05, 4.69) is 0 Å². The molecule has 0 aliphatic heterocycles. The molecule has 0 amide bonds. The number of alkyl halides is 2. The summed E-state index contributed by atoms with van der Waals surface area (Å²) in [6.45, 7) is 6.52. The lowest BCUT2D eigenvalue weighted by atomic mass is 9.44. The van der Waals surface area contributed by atoms with Crippen molar-refractivity contribution in [3.05, 3.63) is 23.8 Å². The highest BCUT2D eigenvalue weighted by molar-refractivity contribution is 6.01. The first-order valence-corrected chi connectivity index (χ1v) is 12.0. The Hall–Kier alpha value is -2.42. The van der Waals surface area contributed by atoms with Crippen LogP contribution >= 0.6 is 0 Å². The monoisotopic (exact) mass is 494 g/mol. The minimum absolute atomic E-state index is 0.00892. The Morgan fingerprint density at radius 1 is 1.14 bits per heavy atom. The molecule has 0 aromatic heterocycles. The molecule has 35 heavy (non-hydrogen) atoms. The van der Waals surface area contributed by atoms with Crippen LogP contribution in [0.15, 0.2) is 23.8 Å². The normalized spacial score (nSPS) is 46.1. The second-order valence-electron chi connectivity index (χ2n) is 11.0. The first-order chi connectivity index (χ1) is 16.1. The van der Waals surface area contributed by atoms with Gasteiger partial charge in [0.2, 0.25) is 5.78 Å². The maximum absolute atomic E-state index is 17.3. The van der Waals surface area contributed by atoms with E-state index in [-0.39, 0.29) is 24.8 Å². The second-order valence-corrected chi connectivity index (χ2v) is 11.0. The van der Waals surface area contributed by atoms with Crippen molar-refractivity contribution < 1.29 is 42.5 Å². The van der Waals surface area contributed by atoms with Gasteiger partial charge in [-0.3, -0.25) is 19.2 Å². The number of hydrogen-bond acceptors (Lipinski definition) is 7. The molecule has 0 saturated heterocycles. The second kappa shape index (κ2) is 8.05. The van der Waals surface area contributed by atoms with Crippen molar-refractivity contribution in [2.75, 3.05) is 6.61 Å². The van der Waals surface area contributed by atoms with Crippen molar-refractivity contribution >= 4 is 23.5 Å². The van der Waals surface area contributed by atoms with Gasteiger partial charge in [0.25, 0.3) is 0 Å². The van der Waals surface area contributed by atoms with Crippen LogP contribution < -0.4 is 0 Å². The third-order valence-corrected chi connectivity index (χ3v) is 9.29. The van der Waals surface area contributed by atoms with E-state index in [1.54, 1.807) is 13.8 Å². The molecule has 4 rings (SSSR count). The molecule has 7 nitrogen and oxygen atoms in total. The highest BCUT2D eigenvalue weighted by Crippen LogP contribution is 2.71. The lowest BCUT2D eigenvalue weighted by Crippen LogP contribution is -2.71. The van der Waals surface area contributed by atoms with Crippen molar-refractivity contribution in [3.8, 4) is 0 Å². The predicted octanol–water partition coefficient (Wildman–Crippen LogP) is 2.99. The number of hydrogen-bond donors (Lipinski definition) is 1. The van der Waals surface area contributed by atoms with Crippen LogP contribution in [0.25, 0.3) is 0 Å². The fourth-order valence-electron chi connectivity index (χ4n) is 7.89. The van der Waals surface area contributed by atoms with Gasteiger partial charge in [-0.25, -0.2) is 8.78 Å². The number of ether oxygens (including phenoxy) is 2. The highest BCUT2D eigenvalue weighted by atomic mass is 19.1. The van der Waals surface area contributed by atoms with Crippen LogP contribution in [0.5, 0.6) is 0 Å². The van der Waals surface area contributed by atoms with E-state index in [4.69, 9.17) is 9.47 Å². The van der Waals surface area contributed by atoms with E-state index >= 15 is 8.78 Å². The molecule has 192 valence electrons. The van der Waals surface area contributed by atoms with Gasteiger partial charge in [0.1, 0.15) is 6.17 Å². The number of aliphatic hydroxyl groups is 1. The summed E-state index contributed by atoms with van der Waals surface area (Å²) in [5.41, 5.74) is -6.90. The van der Waals surface area contributed by atoms with E-state index in [1.165, 1.54) is 19.1 Å². The Balaban J connectivity index is 1.85. The number of Topliss-reactive ketones (excluding diaryl/α,β-unsaturated/α-hetero) is 1. The predicted molar refractivity (Wildman–Crippen MR) is 119 cm³/mol. The van der Waals surface area contributed by atoms with E-state index in [9.17, 15) is 24.3 Å². The van der Waals surface area contributed by atoms with Gasteiger partial charge in [-0.2, -0.15) is 0 Å². The minimum atomic E-state index is -2.31. The number of fused-ring (bicyclic) bond motifs is 5. The molecule has 4 aliphatic rings. The molecule has 3 saturated carbocycles. The summed E-state index contributed by atoms with van der Waals surface area (Å²) in [4.78, 5) is 49.1. The molecule has 0 heterocycles. The van der Waals surface area contributed by atoms with Gasteiger partial charge in [-0.15, -0.1) is 0 Å². The summed E-state index contributed by atoms with van der Waals surface area (Å²) in [6.07, 6.45) is 0.118.